The lowest BCUT2D eigenvalue weighted by atomic mass is 9.80. The van der Waals surface area contributed by atoms with Crippen molar-refractivity contribution < 1.29 is 0 Å². The van der Waals surface area contributed by atoms with Gasteiger partial charge in [-0.15, -0.1) is 0 Å². The molecule has 0 heteroatoms. The summed E-state index contributed by atoms with van der Waals surface area (Å²) in [6.45, 7) is 123. The second-order valence-electron chi connectivity index (χ2n) is 45.2. The second kappa shape index (κ2) is 66.4. The smallest absolute Gasteiger partial charge is 0.0126 e. The SMILES string of the molecule is CC.CC.CC.CC.CC.CC.CC.CC.CC.CC(C)(C)C.CC(C)(C)C.CC(C)(C)C.CC(C)(C)c1ccc(-c2cccc(C(C)(C)C)c2)cc1.CC(C)(C)c1ccc2ccc(C(C)(C)C)cc2c1.CC(C)(C)c1ccc2cccc(C(C)(C)C)c2c1.CC(C)(C)c1cccc(-c2ccccc2)c1.CC(C)(C)c1ccccc1.CC(C)(C)c1ccccc1-c1ccccc1. The highest BCUT2D eigenvalue weighted by atomic mass is 14.3. The normalized spacial score (nSPS) is 10.9. The lowest BCUT2D eigenvalue weighted by Crippen LogP contribution is -2.13. The molecule has 0 saturated carbocycles. The van der Waals surface area contributed by atoms with Crippen LogP contribution < -0.4 is 0 Å². The van der Waals surface area contributed by atoms with Crippen LogP contribution in [0.15, 0.2) is 261 Å². The van der Waals surface area contributed by atoms with E-state index in [-0.39, 0.29) is 43.3 Å². The largest absolute Gasteiger partial charge is 0.0683 e. The molecule has 0 unspecified atom stereocenters. The Morgan fingerprint density at radius 3 is 0.641 bits per heavy atom. The lowest BCUT2D eigenvalue weighted by Gasteiger charge is -2.24. The van der Waals surface area contributed by atoms with E-state index in [1.807, 2.05) is 125 Å². The molecule has 0 saturated heterocycles. The summed E-state index contributed by atoms with van der Waals surface area (Å²) >= 11 is 0. The van der Waals surface area contributed by atoms with Crippen molar-refractivity contribution in [3.8, 4) is 33.4 Å². The fourth-order valence-electron chi connectivity index (χ4n) is 11.6. The van der Waals surface area contributed by atoms with Gasteiger partial charge in [0.2, 0.25) is 0 Å². The number of fused-ring (bicyclic) bond motifs is 2. The van der Waals surface area contributed by atoms with Gasteiger partial charge in [-0.3, -0.25) is 0 Å². The zero-order valence-electron chi connectivity index (χ0n) is 97.3. The maximum Gasteiger partial charge on any atom is -0.0126 e. The van der Waals surface area contributed by atoms with Gasteiger partial charge in [-0.05, 0) is 170 Å². The van der Waals surface area contributed by atoms with E-state index in [1.54, 1.807) is 0 Å². The van der Waals surface area contributed by atoms with Gasteiger partial charge in [0.15, 0.2) is 0 Å². The summed E-state index contributed by atoms with van der Waals surface area (Å²) in [4.78, 5) is 0. The highest BCUT2D eigenvalue weighted by Gasteiger charge is 2.23. The first-order valence-electron chi connectivity index (χ1n) is 51.0. The fraction of sp³-hybridized carbons (Fsp3) is 0.527. The molecule has 0 spiro atoms. The van der Waals surface area contributed by atoms with E-state index in [9.17, 15) is 0 Å². The van der Waals surface area contributed by atoms with E-state index < -0.39 is 0 Å². The summed E-state index contributed by atoms with van der Waals surface area (Å²) in [6, 6.07) is 94.1. The van der Waals surface area contributed by atoms with Crippen LogP contribution in [0.4, 0.5) is 0 Å². The quantitative estimate of drug-likeness (QED) is 0.165. The van der Waals surface area contributed by atoms with Gasteiger partial charge in [0, 0.05) is 0 Å². The third-order valence-electron chi connectivity index (χ3n) is 18.2. The Bertz CT molecular complexity index is 4460. The molecule has 0 nitrogen and oxygen atoms in total. The van der Waals surface area contributed by atoms with Crippen LogP contribution in [0.3, 0.4) is 0 Å². The van der Waals surface area contributed by atoms with Gasteiger partial charge in [-0.2, -0.15) is 0 Å². The van der Waals surface area contributed by atoms with Crippen molar-refractivity contribution in [3.05, 3.63) is 311 Å². The lowest BCUT2D eigenvalue weighted by molar-refractivity contribution is 0.469. The fourth-order valence-corrected chi connectivity index (χ4v) is 11.6. The monoisotopic (exact) mass is 1790 g/mol. The average Bonchev–Trinajstić information content (AvgIpc) is 0.768. The van der Waals surface area contributed by atoms with E-state index in [2.05, 4.69) is 531 Å². The molecule has 131 heavy (non-hydrogen) atoms. The van der Waals surface area contributed by atoms with Crippen LogP contribution in [0.25, 0.3) is 54.9 Å². The first kappa shape index (κ1) is 136. The van der Waals surface area contributed by atoms with Crippen molar-refractivity contribution >= 4 is 21.5 Å². The van der Waals surface area contributed by atoms with Gasteiger partial charge in [0.1, 0.15) is 0 Å². The van der Waals surface area contributed by atoms with Crippen molar-refractivity contribution in [1.29, 1.82) is 0 Å². The van der Waals surface area contributed by atoms with E-state index in [1.165, 1.54) is 105 Å². The Kier molecular flexibility index (Phi) is 68.9. The molecule has 0 aliphatic carbocycles. The topological polar surface area (TPSA) is 0 Å². The third-order valence-corrected chi connectivity index (χ3v) is 18.2. The summed E-state index contributed by atoms with van der Waals surface area (Å²) in [5, 5.41) is 5.43. The average molecular weight is 1790 g/mol. The molecule has 0 amide bonds. The number of hydrogen-bond acceptors (Lipinski definition) is 0. The van der Waals surface area contributed by atoms with Crippen LogP contribution in [0, 0.1) is 16.2 Å². The van der Waals surface area contributed by atoms with Crippen molar-refractivity contribution in [2.75, 3.05) is 0 Å². The second-order valence-corrected chi connectivity index (χ2v) is 45.2. The zero-order chi connectivity index (χ0) is 104. The minimum atomic E-state index is 0.187. The molecule has 11 rings (SSSR count). The Morgan fingerprint density at radius 2 is 0.344 bits per heavy atom. The molecular weight excluding hydrogens is 1570 g/mol. The van der Waals surface area contributed by atoms with Crippen molar-refractivity contribution in [1.82, 2.24) is 0 Å². The van der Waals surface area contributed by atoms with E-state index in [4.69, 9.17) is 0 Å². The van der Waals surface area contributed by atoms with E-state index in [0.29, 0.717) is 21.7 Å². The summed E-state index contributed by atoms with van der Waals surface area (Å²) < 4.78 is 0. The van der Waals surface area contributed by atoms with Crippen LogP contribution in [0.5, 0.6) is 0 Å². The van der Waals surface area contributed by atoms with Crippen LogP contribution in [0.2, 0.25) is 0 Å². The predicted molar refractivity (Wildman–Crippen MR) is 616 cm³/mol. The van der Waals surface area contributed by atoms with Gasteiger partial charge in [-0.25, -0.2) is 0 Å². The molecule has 0 heterocycles. The first-order chi connectivity index (χ1) is 60.3. The summed E-state index contributed by atoms with van der Waals surface area (Å²) in [7, 11) is 0. The maximum absolute atomic E-state index is 2.37. The summed E-state index contributed by atoms with van der Waals surface area (Å²) in [5.41, 5.74) is 23.9. The third kappa shape index (κ3) is 62.2. The summed E-state index contributed by atoms with van der Waals surface area (Å²) in [5.74, 6) is 0. The minimum Gasteiger partial charge on any atom is -0.0683 e. The van der Waals surface area contributed by atoms with Crippen molar-refractivity contribution in [2.24, 2.45) is 16.2 Å². The van der Waals surface area contributed by atoms with Gasteiger partial charge in [-0.1, -0.05) is 656 Å². The maximum atomic E-state index is 2.37. The molecule has 11 aromatic rings. The molecule has 0 fully saturated rings. The molecule has 0 aliphatic heterocycles. The van der Waals surface area contributed by atoms with Crippen molar-refractivity contribution in [3.63, 3.8) is 0 Å². The molecule has 0 aromatic heterocycles. The predicted octanol–water partition coefficient (Wildman–Crippen LogP) is 44.5. The first-order valence-corrected chi connectivity index (χ1v) is 51.0. The highest BCUT2D eigenvalue weighted by Crippen LogP contribution is 2.37. The Morgan fingerprint density at radius 1 is 0.130 bits per heavy atom. The molecular formula is C131H214. The molecule has 0 N–H and O–H groups in total. The minimum absolute atomic E-state index is 0.187. The van der Waals surface area contributed by atoms with Crippen LogP contribution in [-0.4, -0.2) is 0 Å². The molecule has 0 radical (unpaired) electrons. The Hall–Kier alpha value is -8.06. The molecule has 0 atom stereocenters. The van der Waals surface area contributed by atoms with Crippen LogP contribution >= 0.6 is 0 Å². The Labute approximate surface area is 820 Å². The van der Waals surface area contributed by atoms with Crippen LogP contribution in [-0.2, 0) is 48.7 Å². The number of hydrogen-bond donors (Lipinski definition) is 0. The Balaban J connectivity index is -0.000000265. The molecule has 0 aliphatic rings. The highest BCUT2D eigenvalue weighted by molar-refractivity contribution is 5.88. The molecule has 738 valence electrons. The molecule has 0 bridgehead atoms. The van der Waals surface area contributed by atoms with E-state index >= 15 is 0 Å². The summed E-state index contributed by atoms with van der Waals surface area (Å²) in [6.07, 6.45) is 0. The standard InChI is InChI=1S/C20H26.2C18H24.2C16H18.C10H14.3C5H12.9C2H6/c1-19(2,3)17-12-10-15(11-13-17)16-8-7-9-18(14-16)20(4,5)6;1-17(2,3)15-9-7-13-8-10-16(18(4,5)6)12-14(13)11-15;1-17(2,3)14-11-10-13-8-7-9-16(15(13)12-14)18(4,5)6;1-16(2,3)15-12-8-7-11-14(15)13-9-5-4-6-10-13;1-16(2,3)15-11-7-10-14(12-15)13-8-5-4-6-9-13;1-10(2,3)9-7-5-4-6-8-9;3*1-5(2,3)4;9*1-2/h7-14H,1-6H3;2*7-12H,1-6H3;2*4-12H,1-3H3;4-8H,1-3H3;3*1-4H3;9*1-2H3. The van der Waals surface area contributed by atoms with Gasteiger partial charge in [0.05, 0.1) is 0 Å². The molecule has 11 aromatic carbocycles. The van der Waals surface area contributed by atoms with E-state index in [0.717, 1.165) is 0 Å². The van der Waals surface area contributed by atoms with Gasteiger partial charge >= 0.3 is 0 Å². The van der Waals surface area contributed by atoms with Crippen molar-refractivity contribution in [2.45, 2.75) is 443 Å². The number of benzene rings is 11. The van der Waals surface area contributed by atoms with Crippen LogP contribution in [0.1, 0.15) is 445 Å². The van der Waals surface area contributed by atoms with Gasteiger partial charge < -0.3 is 0 Å². The van der Waals surface area contributed by atoms with Gasteiger partial charge in [0.25, 0.3) is 0 Å². The zero-order valence-corrected chi connectivity index (χ0v) is 97.3. The number of rotatable bonds is 3.